The highest BCUT2D eigenvalue weighted by molar-refractivity contribution is 7.99. The van der Waals surface area contributed by atoms with E-state index in [-0.39, 0.29) is 18.1 Å². The number of anilines is 2. The Morgan fingerprint density at radius 3 is 2.19 bits per heavy atom. The molecule has 5 aromatic rings. The van der Waals surface area contributed by atoms with Crippen LogP contribution >= 0.6 is 23.4 Å². The van der Waals surface area contributed by atoms with E-state index in [2.05, 4.69) is 10.2 Å². The summed E-state index contributed by atoms with van der Waals surface area (Å²) < 4.78 is 97.1. The first-order valence-electron chi connectivity index (χ1n) is 20.1. The van der Waals surface area contributed by atoms with Gasteiger partial charge >= 0.3 is 5.51 Å². The number of rotatable bonds is 18. The molecule has 63 heavy (non-hydrogen) atoms. The Morgan fingerprint density at radius 2 is 1.54 bits per heavy atom. The number of likely N-dealkylation sites (N-methyl/N-ethyl adjacent to an activating group) is 1. The molecule has 18 heteroatoms. The number of piperidine rings is 1. The van der Waals surface area contributed by atoms with Gasteiger partial charge in [0.05, 0.1) is 23.3 Å². The molecular formula is C45H48ClF3N4O7S3. The summed E-state index contributed by atoms with van der Waals surface area (Å²) in [5.41, 5.74) is -2.84. The van der Waals surface area contributed by atoms with Crippen LogP contribution in [0.15, 0.2) is 136 Å². The molecule has 1 fully saturated rings. The largest absolute Gasteiger partial charge is 0.501 e. The van der Waals surface area contributed by atoms with Gasteiger partial charge in [-0.3, -0.25) is 4.79 Å². The fourth-order valence-electron chi connectivity index (χ4n) is 7.36. The van der Waals surface area contributed by atoms with Gasteiger partial charge in [0.15, 0.2) is 0 Å². The van der Waals surface area contributed by atoms with E-state index in [4.69, 9.17) is 11.6 Å². The number of aliphatic hydroxyl groups is 2. The van der Waals surface area contributed by atoms with Crippen molar-refractivity contribution >= 4 is 60.5 Å². The average Bonchev–Trinajstić information content (AvgIpc) is 3.27. The molecule has 5 aromatic carbocycles. The average molecular weight is 946 g/mol. The molecule has 1 unspecified atom stereocenters. The minimum absolute atomic E-state index is 0.0223. The molecule has 0 aliphatic carbocycles. The van der Waals surface area contributed by atoms with Gasteiger partial charge in [0, 0.05) is 52.6 Å². The zero-order valence-electron chi connectivity index (χ0n) is 34.2. The second-order valence-electron chi connectivity index (χ2n) is 15.2. The van der Waals surface area contributed by atoms with E-state index in [0.29, 0.717) is 62.3 Å². The first-order valence-corrected chi connectivity index (χ1v) is 24.4. The Bertz CT molecular complexity index is 2550. The molecule has 336 valence electrons. The number of amides is 1. The van der Waals surface area contributed by atoms with Crippen LogP contribution in [0.25, 0.3) is 11.1 Å². The number of thioether (sulfide) groups is 1. The third-order valence-corrected chi connectivity index (χ3v) is 15.2. The topological polar surface area (TPSA) is 156 Å². The molecule has 0 aromatic heterocycles. The molecule has 4 N–H and O–H groups in total. The van der Waals surface area contributed by atoms with E-state index in [1.54, 1.807) is 19.2 Å². The zero-order chi connectivity index (χ0) is 45.4. The van der Waals surface area contributed by atoms with Crippen molar-refractivity contribution in [3.63, 3.8) is 0 Å². The standard InChI is InChI=1S/C45H48ClF3N4O7S3/c1-52(27-28-54)24-23-35(30-61-37-7-3-2-4-8-37)50-41-20-19-38(29-42(41)62(57,58)45(47,48)49)63(59,60)51-44(56)33-13-17-36(18-14-33)53-25-21-32(22-26-53)43(55)40-10-6-5-9-39(40)31-11-15-34(46)16-12-31/h2-20,29,32,35,43,50,54-55H,21-28,30H2,1H3,(H,51,56)/t35-,43?/m1/s1. The summed E-state index contributed by atoms with van der Waals surface area (Å²) in [6, 6.07) is 32.2. The molecule has 1 saturated heterocycles. The van der Waals surface area contributed by atoms with Crippen LogP contribution in [-0.4, -0.2) is 95.0 Å². The number of sulfonamides is 1. The lowest BCUT2D eigenvalue weighted by molar-refractivity contribution is -0.0435. The van der Waals surface area contributed by atoms with Crippen LogP contribution in [0.2, 0.25) is 5.02 Å². The minimum atomic E-state index is -6.09. The molecule has 0 spiro atoms. The second kappa shape index (κ2) is 20.9. The number of hydrogen-bond acceptors (Lipinski definition) is 11. The number of nitrogens with one attached hydrogen (secondary N) is 2. The molecule has 1 heterocycles. The normalized spacial score (nSPS) is 15.0. The van der Waals surface area contributed by atoms with Crippen molar-refractivity contribution in [3.05, 3.63) is 137 Å². The Hall–Kier alpha value is -4.62. The first kappa shape index (κ1) is 47.8. The van der Waals surface area contributed by atoms with E-state index in [9.17, 15) is 45.0 Å². The predicted octanol–water partition coefficient (Wildman–Crippen LogP) is 8.26. The number of halogens is 4. The van der Waals surface area contributed by atoms with Crippen LogP contribution in [-0.2, 0) is 19.9 Å². The molecular weight excluding hydrogens is 897 g/mol. The quantitative estimate of drug-likeness (QED) is 0.0628. The zero-order valence-corrected chi connectivity index (χ0v) is 37.4. The van der Waals surface area contributed by atoms with Gasteiger partial charge in [0.25, 0.3) is 25.8 Å². The molecule has 0 saturated carbocycles. The molecule has 6 rings (SSSR count). The van der Waals surface area contributed by atoms with Crippen molar-refractivity contribution in [2.24, 2.45) is 5.92 Å². The van der Waals surface area contributed by atoms with Gasteiger partial charge in [0.2, 0.25) is 0 Å². The summed E-state index contributed by atoms with van der Waals surface area (Å²) in [7, 11) is -9.22. The van der Waals surface area contributed by atoms with E-state index >= 15 is 0 Å². The SMILES string of the molecule is CN(CCO)CC[C@H](CSc1ccccc1)Nc1ccc(S(=O)(=O)NC(=O)c2ccc(N3CCC(C(O)c4ccccc4-c4ccc(Cl)cc4)CC3)cc2)cc1S(=O)(=O)C(F)(F)F. The highest BCUT2D eigenvalue weighted by atomic mass is 35.5. The second-order valence-corrected chi connectivity index (χ2v) is 20.4. The third-order valence-electron chi connectivity index (χ3n) is 10.9. The number of sulfone groups is 1. The van der Waals surface area contributed by atoms with Crippen LogP contribution in [0.1, 0.15) is 41.3 Å². The Balaban J connectivity index is 1.14. The molecule has 11 nitrogen and oxygen atoms in total. The maximum atomic E-state index is 14.1. The van der Waals surface area contributed by atoms with Crippen LogP contribution in [0.5, 0.6) is 0 Å². The van der Waals surface area contributed by atoms with Gasteiger partial charge in [-0.2, -0.15) is 13.2 Å². The highest BCUT2D eigenvalue weighted by Crippen LogP contribution is 2.39. The van der Waals surface area contributed by atoms with Crippen molar-refractivity contribution in [1.29, 1.82) is 0 Å². The van der Waals surface area contributed by atoms with Gasteiger partial charge in [0.1, 0.15) is 4.90 Å². The fourth-order valence-corrected chi connectivity index (χ4v) is 10.5. The summed E-state index contributed by atoms with van der Waals surface area (Å²) in [5.74, 6) is -0.791. The number of benzene rings is 5. The maximum absolute atomic E-state index is 14.1. The lowest BCUT2D eigenvalue weighted by Crippen LogP contribution is -2.36. The van der Waals surface area contributed by atoms with Crippen molar-refractivity contribution in [2.75, 3.05) is 55.8 Å². The number of aliphatic hydroxyl groups excluding tert-OH is 2. The van der Waals surface area contributed by atoms with E-state index in [0.717, 1.165) is 39.4 Å². The van der Waals surface area contributed by atoms with Gasteiger partial charge in [-0.15, -0.1) is 11.8 Å². The number of alkyl halides is 3. The Labute approximate surface area is 375 Å². The summed E-state index contributed by atoms with van der Waals surface area (Å²) in [6.45, 7) is 1.83. The van der Waals surface area contributed by atoms with Gasteiger partial charge in [-0.25, -0.2) is 21.6 Å². The van der Waals surface area contributed by atoms with E-state index in [1.807, 2.05) is 88.5 Å². The summed E-state index contributed by atoms with van der Waals surface area (Å²) in [5, 5.41) is 24.3. The maximum Gasteiger partial charge on any atom is 0.501 e. The molecule has 1 amide bonds. The monoisotopic (exact) mass is 944 g/mol. The highest BCUT2D eigenvalue weighted by Gasteiger charge is 2.48. The minimum Gasteiger partial charge on any atom is -0.395 e. The number of carbonyl (C=O) groups excluding carboxylic acids is 1. The predicted molar refractivity (Wildman–Crippen MR) is 241 cm³/mol. The van der Waals surface area contributed by atoms with Gasteiger partial charge in [-0.05, 0) is 122 Å². The van der Waals surface area contributed by atoms with E-state index in [1.165, 1.54) is 23.9 Å². The number of nitrogens with zero attached hydrogens (tertiary/aromatic N) is 2. The smallest absolute Gasteiger partial charge is 0.395 e. The van der Waals surface area contributed by atoms with E-state index < -0.39 is 58.9 Å². The molecule has 0 bridgehead atoms. The number of hydrogen-bond donors (Lipinski definition) is 4. The molecule has 2 atom stereocenters. The van der Waals surface area contributed by atoms with Crippen molar-refractivity contribution in [3.8, 4) is 11.1 Å². The first-order chi connectivity index (χ1) is 30.0. The molecule has 0 radical (unpaired) electrons. The lowest BCUT2D eigenvalue weighted by Gasteiger charge is -2.36. The molecule has 1 aliphatic heterocycles. The fraction of sp³-hybridized carbons (Fsp3) is 0.311. The summed E-state index contributed by atoms with van der Waals surface area (Å²) in [6.07, 6.45) is 0.970. The number of carbonyl (C=O) groups is 1. The Morgan fingerprint density at radius 1 is 0.889 bits per heavy atom. The third kappa shape index (κ3) is 12.1. The van der Waals surface area contributed by atoms with Crippen LogP contribution in [0.4, 0.5) is 24.5 Å². The van der Waals surface area contributed by atoms with Crippen molar-refractivity contribution < 1.29 is 45.0 Å². The van der Waals surface area contributed by atoms with Gasteiger partial charge in [-0.1, -0.05) is 66.2 Å². The lowest BCUT2D eigenvalue weighted by atomic mass is 9.84. The summed E-state index contributed by atoms with van der Waals surface area (Å²) in [4.78, 5) is 15.9. The van der Waals surface area contributed by atoms with Crippen molar-refractivity contribution in [1.82, 2.24) is 9.62 Å². The van der Waals surface area contributed by atoms with Gasteiger partial charge < -0.3 is 25.3 Å². The van der Waals surface area contributed by atoms with Crippen molar-refractivity contribution in [2.45, 2.75) is 51.6 Å². The van der Waals surface area contributed by atoms with Crippen LogP contribution in [0.3, 0.4) is 0 Å². The molecule has 1 aliphatic rings. The summed E-state index contributed by atoms with van der Waals surface area (Å²) >= 11 is 7.48. The Kier molecular flexibility index (Phi) is 15.9. The van der Waals surface area contributed by atoms with Crippen LogP contribution < -0.4 is 14.9 Å². The van der Waals surface area contributed by atoms with Crippen LogP contribution in [0, 0.1) is 5.92 Å².